The molecule has 0 atom stereocenters. The van der Waals surface area contributed by atoms with Gasteiger partial charge >= 0.3 is 0 Å². The van der Waals surface area contributed by atoms with Crippen molar-refractivity contribution in [2.24, 2.45) is 0 Å². The summed E-state index contributed by atoms with van der Waals surface area (Å²) >= 11 is 0. The summed E-state index contributed by atoms with van der Waals surface area (Å²) in [4.78, 5) is 15.0. The number of anilines is 1. The lowest BCUT2D eigenvalue weighted by molar-refractivity contribution is -0.384. The van der Waals surface area contributed by atoms with E-state index < -0.39 is 0 Å². The molecule has 0 unspecified atom stereocenters. The predicted octanol–water partition coefficient (Wildman–Crippen LogP) is 3.44. The highest BCUT2D eigenvalue weighted by Crippen LogP contribution is 2.28. The van der Waals surface area contributed by atoms with Gasteiger partial charge in [0, 0.05) is 44.9 Å². The van der Waals surface area contributed by atoms with E-state index in [0.717, 1.165) is 49.7 Å². The fourth-order valence-electron chi connectivity index (χ4n) is 3.11. The van der Waals surface area contributed by atoms with Crippen molar-refractivity contribution in [1.29, 1.82) is 0 Å². The van der Waals surface area contributed by atoms with E-state index in [1.807, 2.05) is 24.3 Å². The summed E-state index contributed by atoms with van der Waals surface area (Å²) in [5.74, 6) is 0.916. The molecule has 0 aromatic heterocycles. The number of methoxy groups -OCH3 is 1. The van der Waals surface area contributed by atoms with Crippen molar-refractivity contribution in [3.63, 3.8) is 0 Å². The van der Waals surface area contributed by atoms with Crippen LogP contribution in [0.3, 0.4) is 0 Å². The van der Waals surface area contributed by atoms with Crippen LogP contribution in [0.1, 0.15) is 5.56 Å². The van der Waals surface area contributed by atoms with Gasteiger partial charge in [0.2, 0.25) is 0 Å². The summed E-state index contributed by atoms with van der Waals surface area (Å²) in [6.45, 7) is 4.78. The topological polar surface area (TPSA) is 58.8 Å². The van der Waals surface area contributed by atoms with Crippen LogP contribution in [0.15, 0.2) is 54.6 Å². The fraction of sp³-hybridized carbons (Fsp3) is 0.300. The van der Waals surface area contributed by atoms with Gasteiger partial charge in [0.15, 0.2) is 0 Å². The molecular formula is C20H23N3O3. The second-order valence-corrected chi connectivity index (χ2v) is 6.21. The third-order valence-electron chi connectivity index (χ3n) is 4.58. The predicted molar refractivity (Wildman–Crippen MR) is 104 cm³/mol. The summed E-state index contributed by atoms with van der Waals surface area (Å²) in [6.07, 6.45) is 4.12. The van der Waals surface area contributed by atoms with Gasteiger partial charge in [-0.3, -0.25) is 15.0 Å². The maximum Gasteiger partial charge on any atom is 0.269 e. The minimum Gasteiger partial charge on any atom is -0.495 e. The summed E-state index contributed by atoms with van der Waals surface area (Å²) in [5.41, 5.74) is 2.24. The van der Waals surface area contributed by atoms with Crippen LogP contribution in [0.2, 0.25) is 0 Å². The molecule has 0 spiro atoms. The van der Waals surface area contributed by atoms with Crippen LogP contribution in [0, 0.1) is 10.1 Å². The highest BCUT2D eigenvalue weighted by atomic mass is 16.6. The zero-order chi connectivity index (χ0) is 18.4. The van der Waals surface area contributed by atoms with E-state index in [9.17, 15) is 10.1 Å². The minimum absolute atomic E-state index is 0.120. The van der Waals surface area contributed by atoms with E-state index >= 15 is 0 Å². The van der Waals surface area contributed by atoms with E-state index in [-0.39, 0.29) is 10.6 Å². The Morgan fingerprint density at radius 2 is 1.77 bits per heavy atom. The lowest BCUT2D eigenvalue weighted by Gasteiger charge is -2.36. The maximum atomic E-state index is 10.7. The van der Waals surface area contributed by atoms with Crippen LogP contribution in [0.4, 0.5) is 11.4 Å². The number of hydrogen-bond acceptors (Lipinski definition) is 5. The van der Waals surface area contributed by atoms with Gasteiger partial charge < -0.3 is 9.64 Å². The zero-order valence-electron chi connectivity index (χ0n) is 14.9. The van der Waals surface area contributed by atoms with Gasteiger partial charge in [0.25, 0.3) is 5.69 Å². The third-order valence-corrected chi connectivity index (χ3v) is 4.58. The molecule has 1 aliphatic heterocycles. The normalized spacial score (nSPS) is 15.3. The number of non-ortho nitro benzene ring substituents is 1. The van der Waals surface area contributed by atoms with Gasteiger partial charge in [0.1, 0.15) is 5.75 Å². The van der Waals surface area contributed by atoms with Crippen LogP contribution < -0.4 is 9.64 Å². The number of nitro benzene ring substituents is 1. The van der Waals surface area contributed by atoms with Gasteiger partial charge in [-0.15, -0.1) is 0 Å². The van der Waals surface area contributed by atoms with Crippen molar-refractivity contribution in [1.82, 2.24) is 4.90 Å². The number of rotatable bonds is 6. The monoisotopic (exact) mass is 353 g/mol. The molecule has 0 amide bonds. The van der Waals surface area contributed by atoms with E-state index in [1.165, 1.54) is 12.1 Å². The molecule has 3 rings (SSSR count). The molecule has 0 N–H and O–H groups in total. The minimum atomic E-state index is -0.380. The Bertz CT molecular complexity index is 766. The maximum absolute atomic E-state index is 10.7. The zero-order valence-corrected chi connectivity index (χ0v) is 14.9. The Morgan fingerprint density at radius 1 is 1.08 bits per heavy atom. The quantitative estimate of drug-likeness (QED) is 0.588. The third kappa shape index (κ3) is 4.40. The summed E-state index contributed by atoms with van der Waals surface area (Å²) in [6, 6.07) is 14.7. The van der Waals surface area contributed by atoms with Crippen molar-refractivity contribution in [2.45, 2.75) is 0 Å². The van der Waals surface area contributed by atoms with Crippen LogP contribution in [-0.2, 0) is 0 Å². The first-order valence-corrected chi connectivity index (χ1v) is 8.68. The molecule has 0 saturated carbocycles. The largest absolute Gasteiger partial charge is 0.495 e. The van der Waals surface area contributed by atoms with Gasteiger partial charge in [-0.1, -0.05) is 24.3 Å². The molecule has 1 saturated heterocycles. The van der Waals surface area contributed by atoms with Crippen molar-refractivity contribution in [2.75, 3.05) is 44.7 Å². The van der Waals surface area contributed by atoms with Crippen molar-refractivity contribution >= 4 is 17.5 Å². The molecular weight excluding hydrogens is 330 g/mol. The molecule has 1 fully saturated rings. The molecule has 0 aliphatic carbocycles. The second kappa shape index (κ2) is 8.49. The Balaban J connectivity index is 1.50. The lowest BCUT2D eigenvalue weighted by atomic mass is 10.2. The van der Waals surface area contributed by atoms with Crippen molar-refractivity contribution in [3.05, 3.63) is 70.3 Å². The van der Waals surface area contributed by atoms with Gasteiger partial charge in [0.05, 0.1) is 17.7 Å². The Hall–Kier alpha value is -2.86. The van der Waals surface area contributed by atoms with Gasteiger partial charge in [-0.2, -0.15) is 0 Å². The van der Waals surface area contributed by atoms with E-state index in [4.69, 9.17) is 4.74 Å². The molecule has 6 nitrogen and oxygen atoms in total. The van der Waals surface area contributed by atoms with Crippen molar-refractivity contribution in [3.8, 4) is 5.75 Å². The van der Waals surface area contributed by atoms with Crippen LogP contribution in [-0.4, -0.2) is 49.7 Å². The Morgan fingerprint density at radius 3 is 2.42 bits per heavy atom. The number of nitro groups is 1. The average Bonchev–Trinajstić information content (AvgIpc) is 2.69. The molecule has 1 heterocycles. The Kier molecular flexibility index (Phi) is 5.86. The van der Waals surface area contributed by atoms with Crippen LogP contribution >= 0.6 is 0 Å². The fourth-order valence-corrected chi connectivity index (χ4v) is 3.11. The standard InChI is InChI=1S/C20H23N3O3/c1-26-20-7-3-2-6-19(20)22-15-13-21(14-16-22)12-4-5-17-8-10-18(11-9-17)23(24)25/h2-11H,12-16H2,1H3/b5-4+. The molecule has 0 radical (unpaired) electrons. The molecule has 2 aromatic rings. The van der Waals surface area contributed by atoms with E-state index in [0.29, 0.717) is 0 Å². The van der Waals surface area contributed by atoms with E-state index in [2.05, 4.69) is 21.9 Å². The molecule has 2 aromatic carbocycles. The number of nitrogens with zero attached hydrogens (tertiary/aromatic N) is 3. The van der Waals surface area contributed by atoms with Crippen molar-refractivity contribution < 1.29 is 9.66 Å². The smallest absolute Gasteiger partial charge is 0.269 e. The highest BCUT2D eigenvalue weighted by molar-refractivity contribution is 5.58. The number of ether oxygens (including phenoxy) is 1. The Labute approximate surface area is 153 Å². The second-order valence-electron chi connectivity index (χ2n) is 6.21. The lowest BCUT2D eigenvalue weighted by Crippen LogP contribution is -2.46. The summed E-state index contributed by atoms with van der Waals surface area (Å²) in [7, 11) is 1.71. The van der Waals surface area contributed by atoms with Gasteiger partial charge in [-0.25, -0.2) is 0 Å². The summed E-state index contributed by atoms with van der Waals surface area (Å²) < 4.78 is 5.45. The van der Waals surface area contributed by atoms with Crippen LogP contribution in [0.25, 0.3) is 6.08 Å². The highest BCUT2D eigenvalue weighted by Gasteiger charge is 2.18. The number of piperazine rings is 1. The number of benzene rings is 2. The van der Waals surface area contributed by atoms with Crippen LogP contribution in [0.5, 0.6) is 5.75 Å². The first-order chi connectivity index (χ1) is 12.7. The molecule has 136 valence electrons. The first kappa shape index (κ1) is 17.9. The SMILES string of the molecule is COc1ccccc1N1CCN(C/C=C/c2ccc([N+](=O)[O-])cc2)CC1. The average molecular weight is 353 g/mol. The molecule has 1 aliphatic rings. The first-order valence-electron chi connectivity index (χ1n) is 8.68. The number of hydrogen-bond donors (Lipinski definition) is 0. The molecule has 26 heavy (non-hydrogen) atoms. The number of para-hydroxylation sites is 2. The molecule has 0 bridgehead atoms. The summed E-state index contributed by atoms with van der Waals surface area (Å²) in [5, 5.41) is 10.7. The molecule has 6 heteroatoms. The van der Waals surface area contributed by atoms with Gasteiger partial charge in [-0.05, 0) is 29.8 Å². The van der Waals surface area contributed by atoms with E-state index in [1.54, 1.807) is 19.2 Å².